The Bertz CT molecular complexity index is 1200. The molecule has 8 nitrogen and oxygen atoms in total. The van der Waals surface area contributed by atoms with Crippen LogP contribution in [0.5, 0.6) is 11.5 Å². The highest BCUT2D eigenvalue weighted by molar-refractivity contribution is 7.93. The van der Waals surface area contributed by atoms with E-state index in [1.165, 1.54) is 30.3 Å². The van der Waals surface area contributed by atoms with E-state index < -0.39 is 26.9 Å². The number of carbonyl (C=O) groups excluding carboxylic acids is 1. The Labute approximate surface area is 206 Å². The van der Waals surface area contributed by atoms with Crippen LogP contribution in [0.2, 0.25) is 0 Å². The third kappa shape index (κ3) is 5.30. The van der Waals surface area contributed by atoms with Crippen LogP contribution in [-0.4, -0.2) is 43.7 Å². The van der Waals surface area contributed by atoms with Gasteiger partial charge in [0.1, 0.15) is 18.1 Å². The number of hydroxylamine groups is 1. The van der Waals surface area contributed by atoms with Gasteiger partial charge in [-0.05, 0) is 86.5 Å². The molecule has 196 valence electrons. The van der Waals surface area contributed by atoms with Crippen LogP contribution in [0.4, 0.5) is 13.2 Å². The van der Waals surface area contributed by atoms with Crippen LogP contribution in [0.3, 0.4) is 0 Å². The smallest absolute Gasteiger partial charge is 0.489 e. The van der Waals surface area contributed by atoms with Gasteiger partial charge in [0.2, 0.25) is 0 Å². The maximum atomic E-state index is 13.8. The predicted octanol–water partition coefficient (Wildman–Crippen LogP) is 3.74. The molecule has 2 aromatic rings. The number of rotatable bonds is 7. The number of ether oxygens (including phenoxy) is 2. The third-order valence-electron chi connectivity index (χ3n) is 7.09. The minimum absolute atomic E-state index is 0.0336. The Hall–Kier alpha value is -2.83. The number of hydrogen-bond donors (Lipinski definition) is 3. The fourth-order valence-corrected chi connectivity index (χ4v) is 7.33. The van der Waals surface area contributed by atoms with Crippen molar-refractivity contribution in [2.24, 2.45) is 5.41 Å². The Kier molecular flexibility index (Phi) is 7.22. The molecule has 2 aromatic carbocycles. The van der Waals surface area contributed by atoms with E-state index in [0.29, 0.717) is 12.0 Å². The van der Waals surface area contributed by atoms with Gasteiger partial charge in [0.15, 0.2) is 14.6 Å². The Balaban J connectivity index is 1.53. The van der Waals surface area contributed by atoms with Crippen molar-refractivity contribution < 1.29 is 41.1 Å². The SMILES string of the molecule is O=C(NO)C1(S(=O)(=O)c2cccc(OCc3ccc(OC(F)(F)F)cc3)c2)CCC2(CCNCC2)C1. The molecule has 1 saturated carbocycles. The zero-order valence-electron chi connectivity index (χ0n) is 19.3. The van der Waals surface area contributed by atoms with Crippen LogP contribution >= 0.6 is 0 Å². The molecule has 0 aromatic heterocycles. The highest BCUT2D eigenvalue weighted by atomic mass is 32.2. The summed E-state index contributed by atoms with van der Waals surface area (Å²) in [6, 6.07) is 10.8. The minimum atomic E-state index is -4.79. The van der Waals surface area contributed by atoms with Gasteiger partial charge in [0.25, 0.3) is 5.91 Å². The lowest BCUT2D eigenvalue weighted by Crippen LogP contribution is -2.51. The summed E-state index contributed by atoms with van der Waals surface area (Å²) < 4.78 is 72.3. The molecular weight excluding hydrogens is 501 g/mol. The molecule has 1 aliphatic heterocycles. The van der Waals surface area contributed by atoms with E-state index in [9.17, 15) is 31.6 Å². The standard InChI is InChI=1S/C24H27F3N2O6S/c25-24(26,27)35-18-6-4-17(5-7-18)15-34-19-2-1-3-20(14-19)36(32,33)23(21(30)29-31)9-8-22(16-23)10-12-28-13-11-22/h1-7,14,28,31H,8-13,15-16H2,(H,29,30). The summed E-state index contributed by atoms with van der Waals surface area (Å²) in [6.07, 6.45) is -2.52. The van der Waals surface area contributed by atoms with Crippen molar-refractivity contribution in [1.29, 1.82) is 0 Å². The van der Waals surface area contributed by atoms with Crippen molar-refractivity contribution in [2.75, 3.05) is 13.1 Å². The maximum absolute atomic E-state index is 13.8. The van der Waals surface area contributed by atoms with Crippen molar-refractivity contribution in [2.45, 2.75) is 54.7 Å². The van der Waals surface area contributed by atoms with Crippen molar-refractivity contribution >= 4 is 15.7 Å². The highest BCUT2D eigenvalue weighted by Crippen LogP contribution is 2.54. The molecule has 0 radical (unpaired) electrons. The van der Waals surface area contributed by atoms with Gasteiger partial charge < -0.3 is 14.8 Å². The number of nitrogens with one attached hydrogen (secondary N) is 2. The first-order valence-corrected chi connectivity index (χ1v) is 12.9. The normalized spacial score (nSPS) is 21.8. The van der Waals surface area contributed by atoms with Gasteiger partial charge >= 0.3 is 6.36 Å². The fraction of sp³-hybridized carbons (Fsp3) is 0.458. The largest absolute Gasteiger partial charge is 0.573 e. The second-order valence-corrected chi connectivity index (χ2v) is 11.6. The van der Waals surface area contributed by atoms with Crippen LogP contribution in [0.15, 0.2) is 53.4 Å². The molecule has 3 N–H and O–H groups in total. The number of hydrogen-bond acceptors (Lipinski definition) is 7. The van der Waals surface area contributed by atoms with E-state index >= 15 is 0 Å². The second-order valence-electron chi connectivity index (χ2n) is 9.32. The average molecular weight is 529 g/mol. The number of sulfone groups is 1. The topological polar surface area (TPSA) is 114 Å². The van der Waals surface area contributed by atoms with Gasteiger partial charge in [-0.3, -0.25) is 10.0 Å². The summed E-state index contributed by atoms with van der Waals surface area (Å²) in [5.41, 5.74) is 1.83. The Morgan fingerprint density at radius 3 is 2.36 bits per heavy atom. The second kappa shape index (κ2) is 9.91. The Morgan fingerprint density at radius 2 is 1.72 bits per heavy atom. The molecule has 2 aliphatic rings. The number of halogens is 3. The van der Waals surface area contributed by atoms with Gasteiger partial charge in [0, 0.05) is 0 Å². The minimum Gasteiger partial charge on any atom is -0.489 e. The summed E-state index contributed by atoms with van der Waals surface area (Å²) >= 11 is 0. The number of piperidine rings is 1. The van der Waals surface area contributed by atoms with Gasteiger partial charge in [-0.1, -0.05) is 18.2 Å². The summed E-state index contributed by atoms with van der Waals surface area (Å²) in [6.45, 7) is 1.45. The molecule has 1 unspecified atom stereocenters. The number of benzene rings is 2. The Morgan fingerprint density at radius 1 is 1.03 bits per heavy atom. The van der Waals surface area contributed by atoms with Crippen LogP contribution < -0.4 is 20.3 Å². The first-order chi connectivity index (χ1) is 17.0. The van der Waals surface area contributed by atoms with Crippen molar-refractivity contribution in [3.8, 4) is 11.5 Å². The van der Waals surface area contributed by atoms with Gasteiger partial charge in [-0.15, -0.1) is 13.2 Å². The lowest BCUT2D eigenvalue weighted by atomic mass is 9.77. The molecule has 1 saturated heterocycles. The quantitative estimate of drug-likeness (QED) is 0.371. The van der Waals surface area contributed by atoms with Crippen molar-refractivity contribution in [3.63, 3.8) is 0 Å². The lowest BCUT2D eigenvalue weighted by Gasteiger charge is -2.36. The molecule has 12 heteroatoms. The monoisotopic (exact) mass is 528 g/mol. The summed E-state index contributed by atoms with van der Waals surface area (Å²) in [4.78, 5) is 12.7. The average Bonchev–Trinajstić information content (AvgIpc) is 3.23. The molecule has 1 amide bonds. The van der Waals surface area contributed by atoms with E-state index in [1.807, 2.05) is 0 Å². The van der Waals surface area contributed by atoms with E-state index in [2.05, 4.69) is 10.1 Å². The van der Waals surface area contributed by atoms with Gasteiger partial charge in [-0.2, -0.15) is 0 Å². The first-order valence-electron chi connectivity index (χ1n) is 11.5. The summed E-state index contributed by atoms with van der Waals surface area (Å²) in [5.74, 6) is -1.10. The molecule has 4 rings (SSSR count). The molecule has 1 aliphatic carbocycles. The van der Waals surface area contributed by atoms with E-state index in [-0.39, 0.29) is 41.3 Å². The molecule has 36 heavy (non-hydrogen) atoms. The van der Waals surface area contributed by atoms with E-state index in [4.69, 9.17) is 4.74 Å². The van der Waals surface area contributed by atoms with Crippen LogP contribution in [0, 0.1) is 5.41 Å². The first kappa shape index (κ1) is 26.2. The molecular formula is C24H27F3N2O6S. The van der Waals surface area contributed by atoms with Gasteiger partial charge in [-0.25, -0.2) is 13.9 Å². The van der Waals surface area contributed by atoms with Crippen molar-refractivity contribution in [3.05, 3.63) is 54.1 Å². The zero-order chi connectivity index (χ0) is 26.0. The predicted molar refractivity (Wildman–Crippen MR) is 122 cm³/mol. The van der Waals surface area contributed by atoms with Crippen LogP contribution in [0.1, 0.15) is 37.7 Å². The number of amides is 1. The molecule has 2 fully saturated rings. The van der Waals surface area contributed by atoms with Crippen LogP contribution in [0.25, 0.3) is 0 Å². The summed E-state index contributed by atoms with van der Waals surface area (Å²) in [5, 5.41) is 12.7. The number of alkyl halides is 3. The molecule has 0 bridgehead atoms. The third-order valence-corrected chi connectivity index (χ3v) is 9.53. The molecule has 1 spiro atoms. The fourth-order valence-electron chi connectivity index (χ4n) is 5.19. The zero-order valence-corrected chi connectivity index (χ0v) is 20.1. The van der Waals surface area contributed by atoms with E-state index in [0.717, 1.165) is 38.1 Å². The molecule has 1 atom stereocenters. The lowest BCUT2D eigenvalue weighted by molar-refractivity contribution is -0.274. The maximum Gasteiger partial charge on any atom is 0.573 e. The summed E-state index contributed by atoms with van der Waals surface area (Å²) in [7, 11) is -4.21. The van der Waals surface area contributed by atoms with E-state index in [1.54, 1.807) is 11.5 Å². The number of carbonyl (C=O) groups is 1. The van der Waals surface area contributed by atoms with Crippen LogP contribution in [-0.2, 0) is 21.2 Å². The highest BCUT2D eigenvalue weighted by Gasteiger charge is 2.60. The van der Waals surface area contributed by atoms with Crippen molar-refractivity contribution in [1.82, 2.24) is 10.8 Å². The molecule has 1 heterocycles. The van der Waals surface area contributed by atoms with Gasteiger partial charge in [0.05, 0.1) is 4.90 Å².